The fraction of sp³-hybridized carbons (Fsp3) is 0.222. The summed E-state index contributed by atoms with van der Waals surface area (Å²) in [6, 6.07) is 4.95. The fourth-order valence-electron chi connectivity index (χ4n) is 1.46. The van der Waals surface area contributed by atoms with Crippen LogP contribution in [0.4, 0.5) is 5.69 Å². The number of hydrogen-bond donors (Lipinski definition) is 2. The third-order valence-corrected chi connectivity index (χ3v) is 2.26. The van der Waals surface area contributed by atoms with Crippen molar-refractivity contribution in [1.29, 1.82) is 0 Å². The number of anilines is 1. The molecule has 0 aromatic heterocycles. The van der Waals surface area contributed by atoms with Crippen molar-refractivity contribution in [2.75, 3.05) is 5.32 Å². The van der Waals surface area contributed by atoms with Crippen LogP contribution in [0.5, 0.6) is 0 Å². The summed E-state index contributed by atoms with van der Waals surface area (Å²) >= 11 is 0. The second-order valence-corrected chi connectivity index (χ2v) is 3.33. The Morgan fingerprint density at radius 3 is 2.92 bits per heavy atom. The van der Waals surface area contributed by atoms with Crippen LogP contribution in [-0.4, -0.2) is 18.9 Å². The van der Waals surface area contributed by atoms with Crippen LogP contribution in [0.2, 0.25) is 0 Å². The van der Waals surface area contributed by atoms with Crippen LogP contribution in [0.15, 0.2) is 18.2 Å². The quantitative estimate of drug-likeness (QED) is 0.526. The molecule has 1 unspecified atom stereocenters. The first-order valence-electron chi connectivity index (χ1n) is 3.95. The van der Waals surface area contributed by atoms with Crippen molar-refractivity contribution in [3.8, 4) is 0 Å². The number of fused-ring (bicyclic) bond motifs is 1. The van der Waals surface area contributed by atoms with Gasteiger partial charge in [0.2, 0.25) is 0 Å². The normalized spacial score (nSPS) is 25.5. The van der Waals surface area contributed by atoms with Crippen molar-refractivity contribution in [1.82, 2.24) is 0 Å². The van der Waals surface area contributed by atoms with Crippen LogP contribution in [0.1, 0.15) is 12.5 Å². The number of hydrogen-bond acceptors (Lipinski definition) is 2. The molecule has 1 amide bonds. The van der Waals surface area contributed by atoms with E-state index in [4.69, 9.17) is 7.85 Å². The molecule has 3 nitrogen and oxygen atoms in total. The highest BCUT2D eigenvalue weighted by atomic mass is 16.3. The van der Waals surface area contributed by atoms with Gasteiger partial charge >= 0.3 is 0 Å². The van der Waals surface area contributed by atoms with E-state index in [0.29, 0.717) is 16.7 Å². The van der Waals surface area contributed by atoms with E-state index in [9.17, 15) is 9.90 Å². The lowest BCUT2D eigenvalue weighted by Gasteiger charge is -2.13. The minimum Gasteiger partial charge on any atom is -0.375 e. The van der Waals surface area contributed by atoms with Gasteiger partial charge in [0.15, 0.2) is 5.60 Å². The van der Waals surface area contributed by atoms with E-state index in [1.54, 1.807) is 18.2 Å². The Morgan fingerprint density at radius 2 is 2.23 bits per heavy atom. The van der Waals surface area contributed by atoms with Crippen LogP contribution in [-0.2, 0) is 10.4 Å². The first kappa shape index (κ1) is 8.32. The van der Waals surface area contributed by atoms with Crippen molar-refractivity contribution in [2.24, 2.45) is 0 Å². The summed E-state index contributed by atoms with van der Waals surface area (Å²) in [6.45, 7) is 1.46. The molecule has 2 N–H and O–H groups in total. The molecule has 1 aromatic carbocycles. The van der Waals surface area contributed by atoms with Crippen LogP contribution >= 0.6 is 0 Å². The number of nitrogens with one attached hydrogen (secondary N) is 1. The molecule has 0 saturated heterocycles. The molecule has 1 aromatic rings. The zero-order valence-corrected chi connectivity index (χ0v) is 7.16. The van der Waals surface area contributed by atoms with Gasteiger partial charge in [-0.1, -0.05) is 17.6 Å². The molecule has 0 fully saturated rings. The van der Waals surface area contributed by atoms with Gasteiger partial charge in [-0.05, 0) is 13.0 Å². The number of carbonyl (C=O) groups excluding carboxylic acids is 1. The lowest BCUT2D eigenvalue weighted by atomic mass is 9.91. The van der Waals surface area contributed by atoms with E-state index in [1.165, 1.54) is 6.92 Å². The zero-order valence-electron chi connectivity index (χ0n) is 7.16. The summed E-state index contributed by atoms with van der Waals surface area (Å²) in [5.41, 5.74) is 0.307. The molecule has 4 heteroatoms. The molecule has 64 valence electrons. The number of amides is 1. The predicted octanol–water partition coefficient (Wildman–Crippen LogP) is -0.360. The summed E-state index contributed by atoms with van der Waals surface area (Å²) < 4.78 is 0. The maximum absolute atomic E-state index is 11.3. The summed E-state index contributed by atoms with van der Waals surface area (Å²) in [6.07, 6.45) is 0. The van der Waals surface area contributed by atoms with Crippen LogP contribution in [0.25, 0.3) is 0 Å². The Hall–Kier alpha value is -1.29. The first-order valence-corrected chi connectivity index (χ1v) is 3.95. The first-order chi connectivity index (χ1) is 6.01. The predicted molar refractivity (Wildman–Crippen MR) is 50.0 cm³/mol. The van der Waals surface area contributed by atoms with Crippen molar-refractivity contribution in [3.05, 3.63) is 23.8 Å². The third kappa shape index (κ3) is 1.06. The molecule has 1 heterocycles. The molecule has 0 saturated carbocycles. The minimum atomic E-state index is -1.43. The van der Waals surface area contributed by atoms with Gasteiger partial charge in [-0.3, -0.25) is 4.79 Å². The van der Waals surface area contributed by atoms with Gasteiger partial charge in [-0.15, -0.1) is 0 Å². The maximum atomic E-state index is 11.3. The average Bonchev–Trinajstić information content (AvgIpc) is 2.23. The molecule has 1 aliphatic heterocycles. The van der Waals surface area contributed by atoms with E-state index < -0.39 is 11.5 Å². The molecule has 2 radical (unpaired) electrons. The molecule has 13 heavy (non-hydrogen) atoms. The second-order valence-electron chi connectivity index (χ2n) is 3.33. The Labute approximate surface area is 77.2 Å². The van der Waals surface area contributed by atoms with Crippen LogP contribution < -0.4 is 10.8 Å². The summed E-state index contributed by atoms with van der Waals surface area (Å²) in [5.74, 6) is -0.409. The minimum absolute atomic E-state index is 0.409. The van der Waals surface area contributed by atoms with Gasteiger partial charge < -0.3 is 10.4 Å². The Bertz CT molecular complexity index is 387. The molecule has 1 aliphatic rings. The Balaban J connectivity index is 2.62. The highest BCUT2D eigenvalue weighted by Gasteiger charge is 2.40. The molecular weight excluding hydrogens is 165 g/mol. The number of carbonyl (C=O) groups is 1. The molecule has 0 bridgehead atoms. The van der Waals surface area contributed by atoms with Crippen LogP contribution in [0, 0.1) is 0 Å². The molecular formula is C9H8BNO2. The molecule has 0 aliphatic carbocycles. The van der Waals surface area contributed by atoms with Gasteiger partial charge in [0.1, 0.15) is 7.85 Å². The average molecular weight is 173 g/mol. The van der Waals surface area contributed by atoms with E-state index in [1.807, 2.05) is 0 Å². The van der Waals surface area contributed by atoms with Crippen molar-refractivity contribution in [2.45, 2.75) is 12.5 Å². The summed E-state index contributed by atoms with van der Waals surface area (Å²) in [7, 11) is 5.53. The highest BCUT2D eigenvalue weighted by Crippen LogP contribution is 2.34. The number of aliphatic hydroxyl groups is 1. The largest absolute Gasteiger partial charge is 0.375 e. The third-order valence-electron chi connectivity index (χ3n) is 2.26. The standard InChI is InChI=1S/C9H8BNO2/c1-9(13)6-3-2-5(10)4-7(6)11-8(9)12/h2-4,13H,1H3,(H,11,12). The van der Waals surface area contributed by atoms with E-state index in [2.05, 4.69) is 5.32 Å². The molecule has 0 spiro atoms. The summed E-state index contributed by atoms with van der Waals surface area (Å²) in [5, 5.41) is 12.3. The van der Waals surface area contributed by atoms with Gasteiger partial charge in [0.25, 0.3) is 5.91 Å². The molecule has 1 atom stereocenters. The lowest BCUT2D eigenvalue weighted by molar-refractivity contribution is -0.131. The summed E-state index contributed by atoms with van der Waals surface area (Å²) in [4.78, 5) is 11.3. The van der Waals surface area contributed by atoms with E-state index in [0.717, 1.165) is 0 Å². The number of benzene rings is 1. The monoisotopic (exact) mass is 173 g/mol. The van der Waals surface area contributed by atoms with Gasteiger partial charge in [0, 0.05) is 11.3 Å². The lowest BCUT2D eigenvalue weighted by Crippen LogP contribution is -2.30. The maximum Gasteiger partial charge on any atom is 0.260 e. The van der Waals surface area contributed by atoms with Crippen molar-refractivity contribution >= 4 is 24.9 Å². The highest BCUT2D eigenvalue weighted by molar-refractivity contribution is 6.33. The smallest absolute Gasteiger partial charge is 0.260 e. The van der Waals surface area contributed by atoms with Crippen molar-refractivity contribution in [3.63, 3.8) is 0 Å². The van der Waals surface area contributed by atoms with Crippen molar-refractivity contribution < 1.29 is 9.90 Å². The molecule has 2 rings (SSSR count). The Morgan fingerprint density at radius 1 is 1.54 bits per heavy atom. The van der Waals surface area contributed by atoms with Gasteiger partial charge in [0.05, 0.1) is 0 Å². The van der Waals surface area contributed by atoms with E-state index in [-0.39, 0.29) is 0 Å². The van der Waals surface area contributed by atoms with Crippen LogP contribution in [0.3, 0.4) is 0 Å². The zero-order chi connectivity index (χ0) is 9.64. The Kier molecular flexibility index (Phi) is 1.51. The van der Waals surface area contributed by atoms with Gasteiger partial charge in [-0.2, -0.15) is 0 Å². The van der Waals surface area contributed by atoms with E-state index >= 15 is 0 Å². The van der Waals surface area contributed by atoms with Gasteiger partial charge in [-0.25, -0.2) is 0 Å². The fourth-order valence-corrected chi connectivity index (χ4v) is 1.46. The second kappa shape index (κ2) is 2.36. The SMILES string of the molecule is [B]c1ccc2c(c1)NC(=O)C2(C)O. The topological polar surface area (TPSA) is 49.3 Å². The number of rotatable bonds is 0.